The molecule has 0 aliphatic heterocycles. The molecule has 0 saturated heterocycles. The molecule has 15 heavy (non-hydrogen) atoms. The van der Waals surface area contributed by atoms with Gasteiger partial charge in [0.2, 0.25) is 0 Å². The molecule has 1 aromatic carbocycles. The van der Waals surface area contributed by atoms with Crippen molar-refractivity contribution in [3.05, 3.63) is 49.2 Å². The molecule has 0 fully saturated rings. The molecule has 72 valence electrons. The summed E-state index contributed by atoms with van der Waals surface area (Å²) >= 11 is 0. The number of nitrogens with one attached hydrogen (secondary N) is 1. The number of fused-ring (bicyclic) bond motifs is 1. The van der Waals surface area contributed by atoms with Crippen molar-refractivity contribution >= 4 is 10.9 Å². The summed E-state index contributed by atoms with van der Waals surface area (Å²) in [5.74, 6) is 0. The molecule has 3 heteroatoms. The molecular weight excluding hydrogens is 186 g/mol. The monoisotopic (exact) mass is 195 g/mol. The van der Waals surface area contributed by atoms with Crippen LogP contribution in [0, 0.1) is 0 Å². The lowest BCUT2D eigenvalue weighted by atomic mass is 10.1. The third kappa shape index (κ3) is 1.29. The van der Waals surface area contributed by atoms with Crippen LogP contribution >= 0.6 is 0 Å². The lowest BCUT2D eigenvalue weighted by Gasteiger charge is -2.01. The van der Waals surface area contributed by atoms with E-state index >= 15 is 0 Å². The molecule has 1 N–H and O–H groups in total. The van der Waals surface area contributed by atoms with Gasteiger partial charge in [0.25, 0.3) is 0 Å². The van der Waals surface area contributed by atoms with Crippen LogP contribution in [0.25, 0.3) is 22.0 Å². The lowest BCUT2D eigenvalue weighted by molar-refractivity contribution is 1.17. The van der Waals surface area contributed by atoms with Crippen molar-refractivity contribution in [2.75, 3.05) is 0 Å². The Morgan fingerprint density at radius 3 is 2.73 bits per heavy atom. The summed E-state index contributed by atoms with van der Waals surface area (Å²) in [7, 11) is 0. The summed E-state index contributed by atoms with van der Waals surface area (Å²) in [6, 6.07) is 8.23. The zero-order valence-electron chi connectivity index (χ0n) is 8.01. The third-order valence-corrected chi connectivity index (χ3v) is 2.47. The van der Waals surface area contributed by atoms with Crippen molar-refractivity contribution in [1.29, 1.82) is 0 Å². The predicted octanol–water partition coefficient (Wildman–Crippen LogP) is 2.62. The highest BCUT2D eigenvalue weighted by molar-refractivity contribution is 5.94. The molecule has 2 heterocycles. The van der Waals surface area contributed by atoms with Crippen LogP contribution < -0.4 is 0 Å². The summed E-state index contributed by atoms with van der Waals surface area (Å²) in [6.07, 6.45) is 7.14. The van der Waals surface area contributed by atoms with Crippen LogP contribution in [0.15, 0.2) is 49.2 Å². The van der Waals surface area contributed by atoms with E-state index in [0.717, 1.165) is 16.6 Å². The second-order valence-electron chi connectivity index (χ2n) is 3.37. The maximum absolute atomic E-state index is 4.03. The average molecular weight is 195 g/mol. The van der Waals surface area contributed by atoms with E-state index < -0.39 is 0 Å². The van der Waals surface area contributed by atoms with E-state index in [0.29, 0.717) is 0 Å². The quantitative estimate of drug-likeness (QED) is 0.648. The zero-order valence-corrected chi connectivity index (χ0v) is 8.01. The highest BCUT2D eigenvalue weighted by Crippen LogP contribution is 2.26. The second-order valence-corrected chi connectivity index (χ2v) is 3.37. The van der Waals surface area contributed by atoms with Gasteiger partial charge in [0.05, 0.1) is 0 Å². The molecule has 0 radical (unpaired) electrons. The van der Waals surface area contributed by atoms with Gasteiger partial charge in [0.15, 0.2) is 0 Å². The van der Waals surface area contributed by atoms with Gasteiger partial charge in [0.1, 0.15) is 6.33 Å². The first kappa shape index (κ1) is 8.17. The first-order valence-corrected chi connectivity index (χ1v) is 4.76. The SMILES string of the molecule is c1cc(-c2cncnc2)c2cc[nH]c2c1. The first-order chi connectivity index (χ1) is 7.45. The normalized spacial score (nSPS) is 10.7. The summed E-state index contributed by atoms with van der Waals surface area (Å²) in [5, 5.41) is 1.20. The van der Waals surface area contributed by atoms with Crippen LogP contribution in [0.3, 0.4) is 0 Å². The Hall–Kier alpha value is -2.16. The fraction of sp³-hybridized carbons (Fsp3) is 0. The molecule has 3 aromatic rings. The van der Waals surface area contributed by atoms with E-state index in [1.165, 1.54) is 5.39 Å². The van der Waals surface area contributed by atoms with Gasteiger partial charge >= 0.3 is 0 Å². The molecule has 3 nitrogen and oxygen atoms in total. The minimum absolute atomic E-state index is 1.04. The highest BCUT2D eigenvalue weighted by atomic mass is 14.8. The van der Waals surface area contributed by atoms with Crippen molar-refractivity contribution in [3.63, 3.8) is 0 Å². The smallest absolute Gasteiger partial charge is 0.115 e. The van der Waals surface area contributed by atoms with Crippen molar-refractivity contribution in [2.45, 2.75) is 0 Å². The van der Waals surface area contributed by atoms with Crippen LogP contribution in [0.5, 0.6) is 0 Å². The molecule has 3 rings (SSSR count). The minimum Gasteiger partial charge on any atom is -0.361 e. The van der Waals surface area contributed by atoms with E-state index in [9.17, 15) is 0 Å². The summed E-state index contributed by atoms with van der Waals surface area (Å²) < 4.78 is 0. The first-order valence-electron chi connectivity index (χ1n) is 4.76. The maximum Gasteiger partial charge on any atom is 0.115 e. The van der Waals surface area contributed by atoms with Crippen LogP contribution in [0.2, 0.25) is 0 Å². The van der Waals surface area contributed by atoms with Gasteiger partial charge in [-0.3, -0.25) is 0 Å². The van der Waals surface area contributed by atoms with Gasteiger partial charge < -0.3 is 4.98 Å². The molecule has 0 bridgehead atoms. The largest absolute Gasteiger partial charge is 0.361 e. The van der Waals surface area contributed by atoms with Crippen molar-refractivity contribution in [1.82, 2.24) is 15.0 Å². The Balaban J connectivity index is 2.31. The Morgan fingerprint density at radius 1 is 1.00 bits per heavy atom. The number of rotatable bonds is 1. The van der Waals surface area contributed by atoms with Crippen molar-refractivity contribution in [2.24, 2.45) is 0 Å². The topological polar surface area (TPSA) is 41.6 Å². The summed E-state index contributed by atoms with van der Waals surface area (Å²) in [5.41, 5.74) is 3.34. The van der Waals surface area contributed by atoms with Gasteiger partial charge in [-0.25, -0.2) is 9.97 Å². The Morgan fingerprint density at radius 2 is 1.87 bits per heavy atom. The summed E-state index contributed by atoms with van der Waals surface area (Å²) in [6.45, 7) is 0. The van der Waals surface area contributed by atoms with E-state index in [1.807, 2.05) is 24.7 Å². The molecule has 0 aliphatic carbocycles. The second kappa shape index (κ2) is 3.20. The predicted molar refractivity (Wildman–Crippen MR) is 59.3 cm³/mol. The number of aromatic amines is 1. The van der Waals surface area contributed by atoms with Crippen LogP contribution in [-0.4, -0.2) is 15.0 Å². The maximum atomic E-state index is 4.03. The summed E-state index contributed by atoms with van der Waals surface area (Å²) in [4.78, 5) is 11.3. The molecule has 0 spiro atoms. The number of hydrogen-bond donors (Lipinski definition) is 1. The lowest BCUT2D eigenvalue weighted by Crippen LogP contribution is -1.82. The number of benzene rings is 1. The van der Waals surface area contributed by atoms with Crippen LogP contribution in [-0.2, 0) is 0 Å². The third-order valence-electron chi connectivity index (χ3n) is 2.47. The van der Waals surface area contributed by atoms with Gasteiger partial charge in [-0.05, 0) is 17.7 Å². The van der Waals surface area contributed by atoms with E-state index in [-0.39, 0.29) is 0 Å². The number of aromatic nitrogens is 3. The van der Waals surface area contributed by atoms with E-state index in [2.05, 4.69) is 33.2 Å². The number of nitrogens with zero attached hydrogens (tertiary/aromatic N) is 2. The molecule has 0 aliphatic rings. The Bertz CT molecular complexity index is 584. The molecule has 0 unspecified atom stereocenters. The molecule has 0 atom stereocenters. The minimum atomic E-state index is 1.04. The Kier molecular flexibility index (Phi) is 1.75. The van der Waals surface area contributed by atoms with Gasteiger partial charge in [-0.15, -0.1) is 0 Å². The van der Waals surface area contributed by atoms with Crippen LogP contribution in [0.1, 0.15) is 0 Å². The number of H-pyrrole nitrogens is 1. The average Bonchev–Trinajstić information content (AvgIpc) is 2.78. The van der Waals surface area contributed by atoms with E-state index in [4.69, 9.17) is 0 Å². The van der Waals surface area contributed by atoms with Gasteiger partial charge in [-0.2, -0.15) is 0 Å². The van der Waals surface area contributed by atoms with Gasteiger partial charge in [-0.1, -0.05) is 12.1 Å². The van der Waals surface area contributed by atoms with Crippen molar-refractivity contribution < 1.29 is 0 Å². The van der Waals surface area contributed by atoms with Crippen molar-refractivity contribution in [3.8, 4) is 11.1 Å². The van der Waals surface area contributed by atoms with Gasteiger partial charge in [0, 0.05) is 35.1 Å². The number of hydrogen-bond acceptors (Lipinski definition) is 2. The highest BCUT2D eigenvalue weighted by Gasteiger charge is 2.03. The van der Waals surface area contributed by atoms with Crippen LogP contribution in [0.4, 0.5) is 0 Å². The Labute approximate surface area is 86.8 Å². The molecule has 0 amide bonds. The fourth-order valence-electron chi connectivity index (χ4n) is 1.78. The molecule has 2 aromatic heterocycles. The van der Waals surface area contributed by atoms with E-state index in [1.54, 1.807) is 6.33 Å². The zero-order chi connectivity index (χ0) is 10.1. The molecule has 0 saturated carbocycles. The fourth-order valence-corrected chi connectivity index (χ4v) is 1.78. The molecular formula is C12H9N3. The standard InChI is InChI=1S/C12H9N3/c1-2-10(9-6-13-8-14-7-9)11-4-5-15-12(11)3-1/h1-8,15H.